The summed E-state index contributed by atoms with van der Waals surface area (Å²) in [5, 5.41) is 9.97. The molecule has 8 heteroatoms. The second-order valence-electron chi connectivity index (χ2n) is 7.64. The van der Waals surface area contributed by atoms with Crippen LogP contribution in [0, 0.1) is 11.3 Å². The summed E-state index contributed by atoms with van der Waals surface area (Å²) in [4.78, 5) is 14.5. The number of halogens is 3. The molecule has 0 saturated carbocycles. The van der Waals surface area contributed by atoms with Gasteiger partial charge in [0.25, 0.3) is 0 Å². The number of benzene rings is 2. The van der Waals surface area contributed by atoms with E-state index in [0.29, 0.717) is 41.8 Å². The SMILES string of the molecule is COc1ccc([C@H]2C(C#N)=C(N)N(c3cccc(C(F)(F)F)c3)C3=C2C(=O)CCC3)cc1. The lowest BCUT2D eigenvalue weighted by molar-refractivity contribution is -0.137. The summed E-state index contributed by atoms with van der Waals surface area (Å²) in [7, 11) is 1.53. The van der Waals surface area contributed by atoms with Gasteiger partial charge in [0, 0.05) is 23.4 Å². The summed E-state index contributed by atoms with van der Waals surface area (Å²) in [6.45, 7) is 0. The maximum atomic E-state index is 13.3. The smallest absolute Gasteiger partial charge is 0.416 e. The molecule has 2 aliphatic rings. The van der Waals surface area contributed by atoms with Crippen molar-refractivity contribution in [2.75, 3.05) is 12.0 Å². The molecular formula is C24H20F3N3O2. The fourth-order valence-corrected chi connectivity index (χ4v) is 4.33. The highest BCUT2D eigenvalue weighted by atomic mass is 19.4. The number of carbonyl (C=O) groups excluding carboxylic acids is 1. The quantitative estimate of drug-likeness (QED) is 0.727. The maximum Gasteiger partial charge on any atom is 0.416 e. The van der Waals surface area contributed by atoms with Crippen LogP contribution in [0.3, 0.4) is 0 Å². The third-order valence-corrected chi connectivity index (χ3v) is 5.79. The van der Waals surface area contributed by atoms with Gasteiger partial charge in [0.2, 0.25) is 0 Å². The van der Waals surface area contributed by atoms with Crippen LogP contribution in [0.25, 0.3) is 0 Å². The summed E-state index contributed by atoms with van der Waals surface area (Å²) in [5.41, 5.74) is 7.49. The third-order valence-electron chi connectivity index (χ3n) is 5.79. The van der Waals surface area contributed by atoms with E-state index in [1.807, 2.05) is 0 Å². The normalized spacial score (nSPS) is 19.0. The molecule has 0 amide bonds. The molecule has 0 saturated heterocycles. The van der Waals surface area contributed by atoms with Gasteiger partial charge in [-0.15, -0.1) is 0 Å². The van der Waals surface area contributed by atoms with E-state index in [9.17, 15) is 23.2 Å². The predicted octanol–water partition coefficient (Wildman–Crippen LogP) is 5.02. The standard InChI is InChI=1S/C24H20F3N3O2/c1-32-17-10-8-14(9-11-17)21-18(13-28)23(29)30(19-6-3-7-20(31)22(19)21)16-5-2-4-15(12-16)24(25,26)27/h2,4-5,8-12,21H,3,6-7,29H2,1H3/t21-/m0/s1. The number of anilines is 1. The molecule has 0 spiro atoms. The molecule has 5 nitrogen and oxygen atoms in total. The lowest BCUT2D eigenvalue weighted by atomic mass is 9.75. The zero-order valence-corrected chi connectivity index (χ0v) is 17.2. The van der Waals surface area contributed by atoms with Gasteiger partial charge in [-0.3, -0.25) is 9.69 Å². The Bertz CT molecular complexity index is 1170. The number of allylic oxidation sites excluding steroid dienone is 3. The van der Waals surface area contributed by atoms with Crippen molar-refractivity contribution in [1.29, 1.82) is 5.26 Å². The highest BCUT2D eigenvalue weighted by molar-refractivity contribution is 6.01. The Labute approximate surface area is 183 Å². The van der Waals surface area contributed by atoms with Gasteiger partial charge in [0.1, 0.15) is 11.6 Å². The van der Waals surface area contributed by atoms with Crippen molar-refractivity contribution in [3.05, 3.63) is 82.3 Å². The van der Waals surface area contributed by atoms with Gasteiger partial charge in [-0.2, -0.15) is 18.4 Å². The first-order valence-electron chi connectivity index (χ1n) is 10.0. The van der Waals surface area contributed by atoms with E-state index in [1.165, 1.54) is 24.1 Å². The molecule has 0 aromatic heterocycles. The van der Waals surface area contributed by atoms with Gasteiger partial charge in [-0.25, -0.2) is 0 Å². The van der Waals surface area contributed by atoms with Crippen LogP contribution in [0.5, 0.6) is 5.75 Å². The minimum absolute atomic E-state index is 0.0288. The van der Waals surface area contributed by atoms with Crippen LogP contribution in [0.15, 0.2) is 71.2 Å². The lowest BCUT2D eigenvalue weighted by Gasteiger charge is -2.39. The Morgan fingerprint density at radius 1 is 1.16 bits per heavy atom. The number of alkyl halides is 3. The van der Waals surface area contributed by atoms with E-state index >= 15 is 0 Å². The lowest BCUT2D eigenvalue weighted by Crippen LogP contribution is -2.38. The van der Waals surface area contributed by atoms with E-state index in [1.54, 1.807) is 24.3 Å². The van der Waals surface area contributed by atoms with Crippen LogP contribution >= 0.6 is 0 Å². The van der Waals surface area contributed by atoms with Crippen LogP contribution in [0.4, 0.5) is 18.9 Å². The molecule has 32 heavy (non-hydrogen) atoms. The summed E-state index contributed by atoms with van der Waals surface area (Å²) in [6.07, 6.45) is -3.21. The van der Waals surface area contributed by atoms with E-state index in [4.69, 9.17) is 10.5 Å². The Morgan fingerprint density at radius 3 is 2.50 bits per heavy atom. The number of ether oxygens (including phenoxy) is 1. The van der Waals surface area contributed by atoms with Crippen molar-refractivity contribution in [2.24, 2.45) is 5.73 Å². The average molecular weight is 439 g/mol. The van der Waals surface area contributed by atoms with Crippen LogP contribution in [-0.2, 0) is 11.0 Å². The molecule has 1 aliphatic carbocycles. The van der Waals surface area contributed by atoms with Gasteiger partial charge in [-0.1, -0.05) is 18.2 Å². The molecule has 2 aromatic rings. The van der Waals surface area contributed by atoms with E-state index in [0.717, 1.165) is 12.1 Å². The minimum Gasteiger partial charge on any atom is -0.497 e. The third kappa shape index (κ3) is 3.60. The highest BCUT2D eigenvalue weighted by Gasteiger charge is 2.41. The molecule has 164 valence electrons. The van der Waals surface area contributed by atoms with Crippen LogP contribution in [0.1, 0.15) is 36.3 Å². The van der Waals surface area contributed by atoms with Crippen molar-refractivity contribution in [2.45, 2.75) is 31.4 Å². The summed E-state index contributed by atoms with van der Waals surface area (Å²) >= 11 is 0. The van der Waals surface area contributed by atoms with Gasteiger partial charge in [0.15, 0.2) is 5.78 Å². The van der Waals surface area contributed by atoms with Crippen LogP contribution < -0.4 is 15.4 Å². The van der Waals surface area contributed by atoms with E-state index in [-0.39, 0.29) is 22.9 Å². The Balaban J connectivity index is 1.92. The first-order valence-corrected chi connectivity index (χ1v) is 10.0. The minimum atomic E-state index is -4.53. The molecular weight excluding hydrogens is 419 g/mol. The Morgan fingerprint density at radius 2 is 1.88 bits per heavy atom. The van der Waals surface area contributed by atoms with Crippen LogP contribution in [0.2, 0.25) is 0 Å². The zero-order chi connectivity index (χ0) is 23.0. The number of nitrogens with two attached hydrogens (primary N) is 1. The van der Waals surface area contributed by atoms with Crippen molar-refractivity contribution in [3.63, 3.8) is 0 Å². The second-order valence-corrected chi connectivity index (χ2v) is 7.64. The van der Waals surface area contributed by atoms with Crippen molar-refractivity contribution >= 4 is 11.5 Å². The zero-order valence-electron chi connectivity index (χ0n) is 17.2. The Kier molecular flexibility index (Phi) is 5.43. The summed E-state index contributed by atoms with van der Waals surface area (Å²) in [6, 6.07) is 13.8. The monoisotopic (exact) mass is 439 g/mol. The number of nitrogens with zero attached hydrogens (tertiary/aromatic N) is 2. The molecule has 2 N–H and O–H groups in total. The van der Waals surface area contributed by atoms with Crippen molar-refractivity contribution in [1.82, 2.24) is 0 Å². The number of methoxy groups -OCH3 is 1. The maximum absolute atomic E-state index is 13.3. The first kappa shape index (κ1) is 21.5. The molecule has 1 aliphatic heterocycles. The molecule has 4 rings (SSSR count). The molecule has 1 heterocycles. The topological polar surface area (TPSA) is 79.3 Å². The number of rotatable bonds is 3. The highest BCUT2D eigenvalue weighted by Crippen LogP contribution is 2.47. The van der Waals surface area contributed by atoms with Gasteiger partial charge < -0.3 is 10.5 Å². The number of ketones is 1. The van der Waals surface area contributed by atoms with Crippen molar-refractivity contribution in [3.8, 4) is 11.8 Å². The number of Topliss-reactive ketones (excluding diaryl/α,β-unsaturated/α-hetero) is 1. The largest absolute Gasteiger partial charge is 0.497 e. The average Bonchev–Trinajstić information content (AvgIpc) is 2.78. The number of hydrogen-bond donors (Lipinski definition) is 1. The molecule has 0 fully saturated rings. The van der Waals surface area contributed by atoms with E-state index in [2.05, 4.69) is 6.07 Å². The van der Waals surface area contributed by atoms with Gasteiger partial charge in [-0.05, 0) is 48.7 Å². The van der Waals surface area contributed by atoms with Crippen molar-refractivity contribution < 1.29 is 22.7 Å². The second kappa shape index (κ2) is 8.08. The van der Waals surface area contributed by atoms with Gasteiger partial charge >= 0.3 is 6.18 Å². The molecule has 0 bridgehead atoms. The summed E-state index contributed by atoms with van der Waals surface area (Å²) in [5.74, 6) is -0.170. The first-order chi connectivity index (χ1) is 15.3. The van der Waals surface area contributed by atoms with E-state index < -0.39 is 17.7 Å². The summed E-state index contributed by atoms with van der Waals surface area (Å²) < 4.78 is 45.2. The van der Waals surface area contributed by atoms with Gasteiger partial charge in [0.05, 0.1) is 30.2 Å². The fourth-order valence-electron chi connectivity index (χ4n) is 4.33. The molecule has 1 atom stereocenters. The molecule has 0 radical (unpaired) electrons. The predicted molar refractivity (Wildman–Crippen MR) is 112 cm³/mol. The number of carbonyl (C=O) groups is 1. The molecule has 2 aromatic carbocycles. The molecule has 0 unspecified atom stereocenters. The number of hydrogen-bond acceptors (Lipinski definition) is 5. The van der Waals surface area contributed by atoms with Crippen LogP contribution in [-0.4, -0.2) is 12.9 Å². The Hall–Kier alpha value is -3.73. The fraction of sp³-hybridized carbons (Fsp3) is 0.250. The number of nitriles is 1.